The Hall–Kier alpha value is -3.42. The van der Waals surface area contributed by atoms with Crippen LogP contribution in [0.15, 0.2) is 48.5 Å². The van der Waals surface area contributed by atoms with Crippen LogP contribution in [-0.2, 0) is 4.79 Å². The number of nitrogens with one attached hydrogen (secondary N) is 1. The predicted molar refractivity (Wildman–Crippen MR) is 104 cm³/mol. The van der Waals surface area contributed by atoms with Crippen molar-refractivity contribution < 1.29 is 14.7 Å². The molecular weight excluding hydrogens is 358 g/mol. The Balaban J connectivity index is 1.45. The molecule has 0 spiro atoms. The molecule has 1 aliphatic heterocycles. The van der Waals surface area contributed by atoms with E-state index >= 15 is 0 Å². The van der Waals surface area contributed by atoms with Crippen molar-refractivity contribution in [3.8, 4) is 0 Å². The minimum absolute atomic E-state index is 0.0876. The zero-order valence-electron chi connectivity index (χ0n) is 15.3. The van der Waals surface area contributed by atoms with Crippen LogP contribution < -0.4 is 5.32 Å². The van der Waals surface area contributed by atoms with Gasteiger partial charge in [-0.25, -0.2) is 4.68 Å². The molecule has 2 N–H and O–H groups in total. The maximum atomic E-state index is 13.0. The number of aliphatic carboxylic acids is 1. The van der Waals surface area contributed by atoms with Crippen LogP contribution in [0.5, 0.6) is 0 Å². The first-order chi connectivity index (χ1) is 13.6. The lowest BCUT2D eigenvalue weighted by Gasteiger charge is -2.32. The molecule has 1 fully saturated rings. The fraction of sp³-hybridized carbons (Fsp3) is 0.300. The van der Waals surface area contributed by atoms with Gasteiger partial charge in [-0.2, -0.15) is 0 Å². The van der Waals surface area contributed by atoms with Gasteiger partial charge in [-0.1, -0.05) is 29.5 Å². The van der Waals surface area contributed by atoms with E-state index in [1.54, 1.807) is 24.3 Å². The standard InChI is InChI=1S/C20H21N5O3/c26-19(27)13-21-16-6-2-1-5-15(16)20(28)24-11-9-14(10-12-24)25-18-8-4-3-7-17(18)22-23-25/h1-8,14,21H,9-13H2,(H,26,27). The zero-order chi connectivity index (χ0) is 19.5. The predicted octanol–water partition coefficient (Wildman–Crippen LogP) is 2.41. The summed E-state index contributed by atoms with van der Waals surface area (Å²) in [5.41, 5.74) is 2.92. The van der Waals surface area contributed by atoms with E-state index < -0.39 is 5.97 Å². The first-order valence-corrected chi connectivity index (χ1v) is 9.27. The average molecular weight is 379 g/mol. The SMILES string of the molecule is O=C(O)CNc1ccccc1C(=O)N1CCC(n2nnc3ccccc32)CC1. The maximum absolute atomic E-state index is 13.0. The number of likely N-dealkylation sites (tertiary alicyclic amines) is 1. The van der Waals surface area contributed by atoms with Gasteiger partial charge in [0.1, 0.15) is 12.1 Å². The summed E-state index contributed by atoms with van der Waals surface area (Å²) in [6.07, 6.45) is 1.59. The second-order valence-electron chi connectivity index (χ2n) is 6.84. The number of anilines is 1. The number of rotatable bonds is 5. The van der Waals surface area contributed by atoms with Crippen molar-refractivity contribution in [2.24, 2.45) is 0 Å². The Kier molecular flexibility index (Phi) is 4.92. The van der Waals surface area contributed by atoms with Crippen molar-refractivity contribution >= 4 is 28.6 Å². The van der Waals surface area contributed by atoms with E-state index in [9.17, 15) is 9.59 Å². The summed E-state index contributed by atoms with van der Waals surface area (Å²) < 4.78 is 1.96. The molecule has 8 heteroatoms. The lowest BCUT2D eigenvalue weighted by Crippen LogP contribution is -2.39. The topological polar surface area (TPSA) is 100 Å². The zero-order valence-corrected chi connectivity index (χ0v) is 15.3. The molecule has 1 amide bonds. The highest BCUT2D eigenvalue weighted by Crippen LogP contribution is 2.27. The monoisotopic (exact) mass is 379 g/mol. The minimum Gasteiger partial charge on any atom is -0.480 e. The van der Waals surface area contributed by atoms with Gasteiger partial charge in [0.15, 0.2) is 0 Å². The van der Waals surface area contributed by atoms with Crippen LogP contribution in [0.25, 0.3) is 11.0 Å². The summed E-state index contributed by atoms with van der Waals surface area (Å²) in [4.78, 5) is 25.6. The summed E-state index contributed by atoms with van der Waals surface area (Å²) in [6.45, 7) is 1.00. The number of carbonyl (C=O) groups excluding carboxylic acids is 1. The number of carbonyl (C=O) groups is 2. The molecule has 0 radical (unpaired) electrons. The molecule has 1 aromatic heterocycles. The van der Waals surface area contributed by atoms with Gasteiger partial charge in [-0.05, 0) is 37.1 Å². The number of hydrogen-bond donors (Lipinski definition) is 2. The molecule has 8 nitrogen and oxygen atoms in total. The third kappa shape index (κ3) is 3.53. The van der Waals surface area contributed by atoms with Crippen molar-refractivity contribution in [1.29, 1.82) is 0 Å². The minimum atomic E-state index is -0.969. The highest BCUT2D eigenvalue weighted by Gasteiger charge is 2.27. The van der Waals surface area contributed by atoms with E-state index in [0.717, 1.165) is 23.9 Å². The Morgan fingerprint density at radius 2 is 1.79 bits per heavy atom. The molecule has 144 valence electrons. The molecular formula is C20H21N5O3. The Labute approximate surface area is 161 Å². The van der Waals surface area contributed by atoms with E-state index in [0.29, 0.717) is 24.3 Å². The molecule has 2 heterocycles. The van der Waals surface area contributed by atoms with Crippen molar-refractivity contribution in [1.82, 2.24) is 19.9 Å². The van der Waals surface area contributed by atoms with Crippen LogP contribution in [-0.4, -0.2) is 56.5 Å². The molecule has 28 heavy (non-hydrogen) atoms. The summed E-state index contributed by atoms with van der Waals surface area (Å²) >= 11 is 0. The van der Waals surface area contributed by atoms with Crippen molar-refractivity contribution in [2.45, 2.75) is 18.9 Å². The molecule has 1 saturated heterocycles. The molecule has 4 rings (SSSR count). The lowest BCUT2D eigenvalue weighted by atomic mass is 10.0. The quantitative estimate of drug-likeness (QED) is 0.706. The van der Waals surface area contributed by atoms with Crippen LogP contribution in [0.4, 0.5) is 5.69 Å². The van der Waals surface area contributed by atoms with E-state index in [-0.39, 0.29) is 18.5 Å². The van der Waals surface area contributed by atoms with E-state index in [1.165, 1.54) is 0 Å². The van der Waals surface area contributed by atoms with Crippen LogP contribution in [0.2, 0.25) is 0 Å². The molecule has 1 aliphatic rings. The summed E-state index contributed by atoms with van der Waals surface area (Å²) in [6, 6.07) is 15.1. The number of aromatic nitrogens is 3. The molecule has 3 aromatic rings. The van der Waals surface area contributed by atoms with Crippen molar-refractivity contribution in [3.05, 3.63) is 54.1 Å². The van der Waals surface area contributed by atoms with Gasteiger partial charge < -0.3 is 15.3 Å². The van der Waals surface area contributed by atoms with Crippen molar-refractivity contribution in [3.63, 3.8) is 0 Å². The van der Waals surface area contributed by atoms with Crippen LogP contribution in [0, 0.1) is 0 Å². The summed E-state index contributed by atoms with van der Waals surface area (Å²) in [5, 5.41) is 20.2. The Bertz CT molecular complexity index is 1010. The number of fused-ring (bicyclic) bond motifs is 1. The van der Waals surface area contributed by atoms with E-state index in [4.69, 9.17) is 5.11 Å². The number of benzene rings is 2. The first-order valence-electron chi connectivity index (χ1n) is 9.27. The number of carboxylic acid groups (broad SMARTS) is 1. The van der Waals surface area contributed by atoms with Gasteiger partial charge in [0.2, 0.25) is 0 Å². The van der Waals surface area contributed by atoms with Gasteiger partial charge in [-0.15, -0.1) is 5.10 Å². The van der Waals surface area contributed by atoms with Crippen molar-refractivity contribution in [2.75, 3.05) is 25.0 Å². The second kappa shape index (κ2) is 7.67. The van der Waals surface area contributed by atoms with Gasteiger partial charge in [0.05, 0.1) is 17.1 Å². The Morgan fingerprint density at radius 3 is 2.57 bits per heavy atom. The molecule has 0 bridgehead atoms. The van der Waals surface area contributed by atoms with Gasteiger partial charge in [0.25, 0.3) is 5.91 Å². The summed E-state index contributed by atoms with van der Waals surface area (Å²) in [7, 11) is 0. The number of piperidine rings is 1. The maximum Gasteiger partial charge on any atom is 0.322 e. The highest BCUT2D eigenvalue weighted by molar-refractivity contribution is 6.00. The number of amides is 1. The Morgan fingerprint density at radius 1 is 1.07 bits per heavy atom. The van der Waals surface area contributed by atoms with Crippen LogP contribution in [0.1, 0.15) is 29.2 Å². The number of carboxylic acids is 1. The molecule has 2 aromatic carbocycles. The fourth-order valence-corrected chi connectivity index (χ4v) is 3.64. The first kappa shape index (κ1) is 18.0. The van der Waals surface area contributed by atoms with E-state index in [2.05, 4.69) is 15.6 Å². The van der Waals surface area contributed by atoms with Crippen LogP contribution in [0.3, 0.4) is 0 Å². The van der Waals surface area contributed by atoms with E-state index in [1.807, 2.05) is 33.8 Å². The molecule has 0 aliphatic carbocycles. The normalized spacial score (nSPS) is 14.9. The lowest BCUT2D eigenvalue weighted by molar-refractivity contribution is -0.134. The average Bonchev–Trinajstić information content (AvgIpc) is 3.16. The molecule has 0 saturated carbocycles. The molecule has 0 unspecified atom stereocenters. The number of hydrogen-bond acceptors (Lipinski definition) is 5. The second-order valence-corrected chi connectivity index (χ2v) is 6.84. The fourth-order valence-electron chi connectivity index (χ4n) is 3.64. The highest BCUT2D eigenvalue weighted by atomic mass is 16.4. The summed E-state index contributed by atoms with van der Waals surface area (Å²) in [5.74, 6) is -1.06. The smallest absolute Gasteiger partial charge is 0.322 e. The third-order valence-electron chi connectivity index (χ3n) is 5.06. The number of para-hydroxylation sites is 2. The third-order valence-corrected chi connectivity index (χ3v) is 5.06. The van der Waals surface area contributed by atoms with Crippen LogP contribution >= 0.6 is 0 Å². The van der Waals surface area contributed by atoms with Gasteiger partial charge in [-0.3, -0.25) is 9.59 Å². The number of nitrogens with zero attached hydrogens (tertiary/aromatic N) is 4. The largest absolute Gasteiger partial charge is 0.480 e. The molecule has 0 atom stereocenters. The van der Waals surface area contributed by atoms with Gasteiger partial charge in [0, 0.05) is 18.8 Å². The van der Waals surface area contributed by atoms with Gasteiger partial charge >= 0.3 is 5.97 Å².